The van der Waals surface area contributed by atoms with Gasteiger partial charge in [-0.25, -0.2) is 4.39 Å². The molecule has 0 unspecified atom stereocenters. The molecule has 0 atom stereocenters. The Bertz CT molecular complexity index is 695. The van der Waals surface area contributed by atoms with Gasteiger partial charge < -0.3 is 5.32 Å². The van der Waals surface area contributed by atoms with Gasteiger partial charge in [-0.15, -0.1) is 0 Å². The van der Waals surface area contributed by atoms with Crippen molar-refractivity contribution in [2.24, 2.45) is 0 Å². The van der Waals surface area contributed by atoms with Gasteiger partial charge >= 0.3 is 0 Å². The van der Waals surface area contributed by atoms with Gasteiger partial charge in [0.15, 0.2) is 0 Å². The Morgan fingerprint density at radius 2 is 2.10 bits per heavy atom. The first kappa shape index (κ1) is 14.2. The minimum Gasteiger partial charge on any atom is -0.325 e. The minimum atomic E-state index is -0.379. The Labute approximate surface area is 124 Å². The fraction of sp³-hybridized carbons (Fsp3) is 0.0667. The van der Waals surface area contributed by atoms with Gasteiger partial charge in [-0.2, -0.15) is 5.26 Å². The van der Waals surface area contributed by atoms with E-state index in [0.29, 0.717) is 16.8 Å². The van der Waals surface area contributed by atoms with E-state index in [2.05, 4.69) is 21.2 Å². The van der Waals surface area contributed by atoms with Crippen LogP contribution in [0, 0.1) is 17.1 Å². The molecule has 100 valence electrons. The van der Waals surface area contributed by atoms with E-state index in [1.165, 1.54) is 12.1 Å². The Morgan fingerprint density at radius 1 is 1.30 bits per heavy atom. The van der Waals surface area contributed by atoms with E-state index in [1.807, 2.05) is 6.07 Å². The minimum absolute atomic E-state index is 0.0507. The van der Waals surface area contributed by atoms with Crippen molar-refractivity contribution in [1.29, 1.82) is 5.26 Å². The molecule has 1 amide bonds. The molecule has 5 heteroatoms. The third-order valence-electron chi connectivity index (χ3n) is 2.63. The van der Waals surface area contributed by atoms with Crippen LogP contribution in [-0.2, 0) is 11.2 Å². The van der Waals surface area contributed by atoms with Crippen LogP contribution >= 0.6 is 15.9 Å². The lowest BCUT2D eigenvalue weighted by Gasteiger charge is -2.07. The van der Waals surface area contributed by atoms with Gasteiger partial charge in [0.2, 0.25) is 5.91 Å². The summed E-state index contributed by atoms with van der Waals surface area (Å²) in [7, 11) is 0. The molecule has 20 heavy (non-hydrogen) atoms. The molecule has 0 saturated heterocycles. The number of hydrogen-bond acceptors (Lipinski definition) is 2. The maximum absolute atomic E-state index is 13.0. The molecule has 0 aromatic heterocycles. The average Bonchev–Trinajstić information content (AvgIpc) is 2.38. The van der Waals surface area contributed by atoms with Crippen molar-refractivity contribution in [3.05, 3.63) is 63.9 Å². The maximum atomic E-state index is 13.0. The van der Waals surface area contributed by atoms with E-state index in [-0.39, 0.29) is 18.1 Å². The predicted octanol–water partition coefficient (Wildman–Crippen LogP) is 3.64. The van der Waals surface area contributed by atoms with E-state index in [4.69, 9.17) is 5.26 Å². The number of nitrogens with one attached hydrogen (secondary N) is 1. The number of amides is 1. The first-order chi connectivity index (χ1) is 9.58. The van der Waals surface area contributed by atoms with Crippen LogP contribution in [0.1, 0.15) is 11.1 Å². The largest absolute Gasteiger partial charge is 0.325 e. The van der Waals surface area contributed by atoms with Gasteiger partial charge in [-0.3, -0.25) is 4.79 Å². The standard InChI is InChI=1S/C15H10BrFN2O/c16-12-5-4-11(9-18)14(8-12)19-15(20)7-10-2-1-3-13(17)6-10/h1-6,8H,7H2,(H,19,20). The summed E-state index contributed by atoms with van der Waals surface area (Å²) >= 11 is 3.28. The molecule has 0 saturated carbocycles. The second-order valence-corrected chi connectivity index (χ2v) is 5.07. The number of nitriles is 1. The molecule has 2 aromatic rings. The molecular formula is C15H10BrFN2O. The van der Waals surface area contributed by atoms with Crippen molar-refractivity contribution in [2.45, 2.75) is 6.42 Å². The van der Waals surface area contributed by atoms with Gasteiger partial charge in [-0.05, 0) is 35.9 Å². The van der Waals surface area contributed by atoms with Crippen LogP contribution in [0.5, 0.6) is 0 Å². The second kappa shape index (κ2) is 6.31. The summed E-state index contributed by atoms with van der Waals surface area (Å²) in [6.45, 7) is 0. The highest BCUT2D eigenvalue weighted by atomic mass is 79.9. The molecular weight excluding hydrogens is 323 g/mol. The predicted molar refractivity (Wildman–Crippen MR) is 77.6 cm³/mol. The monoisotopic (exact) mass is 332 g/mol. The number of hydrogen-bond donors (Lipinski definition) is 1. The van der Waals surface area contributed by atoms with E-state index in [1.54, 1.807) is 30.3 Å². The normalized spacial score (nSPS) is 9.85. The van der Waals surface area contributed by atoms with Crippen LogP contribution in [0.3, 0.4) is 0 Å². The van der Waals surface area contributed by atoms with E-state index in [9.17, 15) is 9.18 Å². The number of anilines is 1. The first-order valence-corrected chi connectivity index (χ1v) is 6.62. The van der Waals surface area contributed by atoms with Gasteiger partial charge in [0, 0.05) is 4.47 Å². The smallest absolute Gasteiger partial charge is 0.228 e. The zero-order valence-electron chi connectivity index (χ0n) is 10.4. The number of benzene rings is 2. The van der Waals surface area contributed by atoms with Crippen LogP contribution in [0.4, 0.5) is 10.1 Å². The quantitative estimate of drug-likeness (QED) is 0.932. The van der Waals surface area contributed by atoms with Crippen LogP contribution < -0.4 is 5.32 Å². The van der Waals surface area contributed by atoms with Gasteiger partial charge in [-0.1, -0.05) is 28.1 Å². The average molecular weight is 333 g/mol. The lowest BCUT2D eigenvalue weighted by atomic mass is 10.1. The van der Waals surface area contributed by atoms with Crippen molar-refractivity contribution in [3.63, 3.8) is 0 Å². The number of rotatable bonds is 3. The summed E-state index contributed by atoms with van der Waals surface area (Å²) in [6.07, 6.45) is 0.0507. The summed E-state index contributed by atoms with van der Waals surface area (Å²) < 4.78 is 13.8. The van der Waals surface area contributed by atoms with Gasteiger partial charge in [0.1, 0.15) is 11.9 Å². The fourth-order valence-electron chi connectivity index (χ4n) is 1.74. The molecule has 0 heterocycles. The lowest BCUT2D eigenvalue weighted by molar-refractivity contribution is -0.115. The van der Waals surface area contributed by atoms with Crippen LogP contribution in [0.15, 0.2) is 46.9 Å². The Morgan fingerprint density at radius 3 is 2.80 bits per heavy atom. The Hall–Kier alpha value is -2.19. The summed E-state index contributed by atoms with van der Waals surface area (Å²) in [5.41, 5.74) is 1.39. The number of carbonyl (C=O) groups is 1. The van der Waals surface area contributed by atoms with E-state index >= 15 is 0 Å². The molecule has 0 aliphatic heterocycles. The van der Waals surface area contributed by atoms with Gasteiger partial charge in [0.05, 0.1) is 17.7 Å². The third-order valence-corrected chi connectivity index (χ3v) is 3.12. The van der Waals surface area contributed by atoms with Crippen LogP contribution in [-0.4, -0.2) is 5.91 Å². The summed E-state index contributed by atoms with van der Waals surface area (Å²) in [4.78, 5) is 11.9. The van der Waals surface area contributed by atoms with E-state index < -0.39 is 0 Å². The highest BCUT2D eigenvalue weighted by Crippen LogP contribution is 2.21. The zero-order valence-corrected chi connectivity index (χ0v) is 11.9. The molecule has 0 bridgehead atoms. The van der Waals surface area contributed by atoms with Crippen LogP contribution in [0.2, 0.25) is 0 Å². The molecule has 3 nitrogen and oxygen atoms in total. The Kier molecular flexibility index (Phi) is 4.49. The van der Waals surface area contributed by atoms with Crippen molar-refractivity contribution >= 4 is 27.5 Å². The molecule has 0 aliphatic carbocycles. The topological polar surface area (TPSA) is 52.9 Å². The lowest BCUT2D eigenvalue weighted by Crippen LogP contribution is -2.15. The van der Waals surface area contributed by atoms with E-state index in [0.717, 1.165) is 4.47 Å². The number of halogens is 2. The van der Waals surface area contributed by atoms with Crippen molar-refractivity contribution in [3.8, 4) is 6.07 Å². The maximum Gasteiger partial charge on any atom is 0.228 e. The number of nitrogens with zero attached hydrogens (tertiary/aromatic N) is 1. The summed E-state index contributed by atoms with van der Waals surface area (Å²) in [5, 5.41) is 11.6. The first-order valence-electron chi connectivity index (χ1n) is 5.82. The highest BCUT2D eigenvalue weighted by Gasteiger charge is 2.08. The molecule has 0 spiro atoms. The van der Waals surface area contributed by atoms with Crippen LogP contribution in [0.25, 0.3) is 0 Å². The molecule has 2 rings (SSSR count). The third kappa shape index (κ3) is 3.65. The fourth-order valence-corrected chi connectivity index (χ4v) is 2.11. The summed E-state index contributed by atoms with van der Waals surface area (Å²) in [6, 6.07) is 12.9. The SMILES string of the molecule is N#Cc1ccc(Br)cc1NC(=O)Cc1cccc(F)c1. The van der Waals surface area contributed by atoms with Crippen molar-refractivity contribution in [1.82, 2.24) is 0 Å². The Balaban J connectivity index is 2.13. The van der Waals surface area contributed by atoms with Crippen molar-refractivity contribution < 1.29 is 9.18 Å². The molecule has 1 N–H and O–H groups in total. The zero-order chi connectivity index (χ0) is 14.5. The summed E-state index contributed by atoms with van der Waals surface area (Å²) in [5.74, 6) is -0.680. The molecule has 0 fully saturated rings. The molecule has 0 radical (unpaired) electrons. The molecule has 0 aliphatic rings. The second-order valence-electron chi connectivity index (χ2n) is 4.16. The number of carbonyl (C=O) groups excluding carboxylic acids is 1. The van der Waals surface area contributed by atoms with Gasteiger partial charge in [0.25, 0.3) is 0 Å². The highest BCUT2D eigenvalue weighted by molar-refractivity contribution is 9.10. The van der Waals surface area contributed by atoms with Crippen molar-refractivity contribution in [2.75, 3.05) is 5.32 Å². The molecule has 2 aromatic carbocycles.